The SMILES string of the molecule is CCCC1(C(=O)O)CCCN(C2CC(=O)NC2=O)C1. The summed E-state index contributed by atoms with van der Waals surface area (Å²) in [4.78, 5) is 36.4. The zero-order chi connectivity index (χ0) is 14.0. The van der Waals surface area contributed by atoms with Crippen LogP contribution < -0.4 is 5.32 Å². The second kappa shape index (κ2) is 5.28. The number of likely N-dealkylation sites (tertiary alicyclic amines) is 1. The number of rotatable bonds is 4. The van der Waals surface area contributed by atoms with Crippen molar-refractivity contribution in [1.82, 2.24) is 10.2 Å². The van der Waals surface area contributed by atoms with E-state index in [-0.39, 0.29) is 18.2 Å². The lowest BCUT2D eigenvalue weighted by Crippen LogP contribution is -2.53. The molecular weight excluding hydrogens is 248 g/mol. The van der Waals surface area contributed by atoms with Crippen molar-refractivity contribution >= 4 is 17.8 Å². The number of piperidine rings is 1. The first-order valence-corrected chi connectivity index (χ1v) is 6.79. The van der Waals surface area contributed by atoms with Crippen molar-refractivity contribution in [3.05, 3.63) is 0 Å². The van der Waals surface area contributed by atoms with Crippen molar-refractivity contribution in [2.24, 2.45) is 5.41 Å². The molecule has 2 rings (SSSR count). The van der Waals surface area contributed by atoms with Crippen LogP contribution in [-0.4, -0.2) is 46.9 Å². The Morgan fingerprint density at radius 2 is 2.26 bits per heavy atom. The lowest BCUT2D eigenvalue weighted by Gasteiger charge is -2.41. The summed E-state index contributed by atoms with van der Waals surface area (Å²) in [6.45, 7) is 3.01. The predicted molar refractivity (Wildman–Crippen MR) is 67.3 cm³/mol. The van der Waals surface area contributed by atoms with Gasteiger partial charge in [-0.05, 0) is 25.8 Å². The summed E-state index contributed by atoms with van der Waals surface area (Å²) in [7, 11) is 0. The van der Waals surface area contributed by atoms with Crippen molar-refractivity contribution in [3.63, 3.8) is 0 Å². The van der Waals surface area contributed by atoms with Crippen LogP contribution in [0.3, 0.4) is 0 Å². The highest BCUT2D eigenvalue weighted by molar-refractivity contribution is 6.05. The fourth-order valence-corrected chi connectivity index (χ4v) is 3.23. The molecular formula is C13H20N2O4. The molecule has 0 aromatic rings. The summed E-state index contributed by atoms with van der Waals surface area (Å²) in [5.74, 6) is -1.34. The maximum absolute atomic E-state index is 11.7. The molecule has 2 fully saturated rings. The van der Waals surface area contributed by atoms with Crippen LogP contribution >= 0.6 is 0 Å². The number of carboxylic acid groups (broad SMARTS) is 1. The van der Waals surface area contributed by atoms with E-state index >= 15 is 0 Å². The van der Waals surface area contributed by atoms with Gasteiger partial charge < -0.3 is 5.11 Å². The van der Waals surface area contributed by atoms with Gasteiger partial charge in [-0.15, -0.1) is 0 Å². The van der Waals surface area contributed by atoms with Gasteiger partial charge in [0, 0.05) is 6.54 Å². The molecule has 2 atom stereocenters. The van der Waals surface area contributed by atoms with Gasteiger partial charge in [-0.2, -0.15) is 0 Å². The van der Waals surface area contributed by atoms with E-state index in [9.17, 15) is 19.5 Å². The molecule has 0 radical (unpaired) electrons. The lowest BCUT2D eigenvalue weighted by atomic mass is 9.76. The molecule has 0 bridgehead atoms. The maximum atomic E-state index is 11.7. The fourth-order valence-electron chi connectivity index (χ4n) is 3.23. The first-order valence-electron chi connectivity index (χ1n) is 6.79. The van der Waals surface area contributed by atoms with E-state index in [0.29, 0.717) is 25.9 Å². The second-order valence-electron chi connectivity index (χ2n) is 5.54. The second-order valence-corrected chi connectivity index (χ2v) is 5.54. The van der Waals surface area contributed by atoms with Crippen molar-refractivity contribution < 1.29 is 19.5 Å². The molecule has 19 heavy (non-hydrogen) atoms. The monoisotopic (exact) mass is 268 g/mol. The zero-order valence-corrected chi connectivity index (χ0v) is 11.1. The van der Waals surface area contributed by atoms with Gasteiger partial charge in [0.15, 0.2) is 0 Å². The number of imide groups is 1. The zero-order valence-electron chi connectivity index (χ0n) is 11.1. The van der Waals surface area contributed by atoms with E-state index in [1.807, 2.05) is 11.8 Å². The fraction of sp³-hybridized carbons (Fsp3) is 0.769. The molecule has 6 nitrogen and oxygen atoms in total. The molecule has 2 saturated heterocycles. The van der Waals surface area contributed by atoms with Crippen molar-refractivity contribution in [2.45, 2.75) is 45.1 Å². The van der Waals surface area contributed by atoms with Crippen molar-refractivity contribution in [3.8, 4) is 0 Å². The number of hydrogen-bond donors (Lipinski definition) is 2. The molecule has 0 aliphatic carbocycles. The van der Waals surface area contributed by atoms with Crippen LogP contribution in [0, 0.1) is 5.41 Å². The van der Waals surface area contributed by atoms with E-state index in [0.717, 1.165) is 12.8 Å². The van der Waals surface area contributed by atoms with Crippen LogP contribution in [0.4, 0.5) is 0 Å². The molecule has 2 aliphatic heterocycles. The van der Waals surface area contributed by atoms with Crippen LogP contribution in [0.5, 0.6) is 0 Å². The Balaban J connectivity index is 2.13. The van der Waals surface area contributed by atoms with Gasteiger partial charge in [-0.25, -0.2) is 0 Å². The first kappa shape index (κ1) is 14.0. The smallest absolute Gasteiger partial charge is 0.310 e. The Labute approximate surface area is 112 Å². The average Bonchev–Trinajstić information content (AvgIpc) is 2.69. The minimum atomic E-state index is -0.788. The van der Waals surface area contributed by atoms with Gasteiger partial charge in [0.1, 0.15) is 0 Å². The predicted octanol–water partition coefficient (Wildman–Crippen LogP) is 0.368. The molecule has 0 aromatic heterocycles. The quantitative estimate of drug-likeness (QED) is 0.719. The summed E-state index contributed by atoms with van der Waals surface area (Å²) < 4.78 is 0. The first-order chi connectivity index (χ1) is 8.98. The Morgan fingerprint density at radius 1 is 1.53 bits per heavy atom. The van der Waals surface area contributed by atoms with Crippen LogP contribution in [0.1, 0.15) is 39.0 Å². The van der Waals surface area contributed by atoms with E-state index in [4.69, 9.17) is 0 Å². The minimum absolute atomic E-state index is 0.153. The van der Waals surface area contributed by atoms with Crippen LogP contribution in [-0.2, 0) is 14.4 Å². The summed E-state index contributed by atoms with van der Waals surface area (Å²) in [6.07, 6.45) is 2.97. The highest BCUT2D eigenvalue weighted by atomic mass is 16.4. The van der Waals surface area contributed by atoms with E-state index < -0.39 is 17.4 Å². The highest BCUT2D eigenvalue weighted by Crippen LogP contribution is 2.36. The number of nitrogens with one attached hydrogen (secondary N) is 1. The molecule has 6 heteroatoms. The third-order valence-corrected chi connectivity index (χ3v) is 4.17. The molecule has 2 N–H and O–H groups in total. The largest absolute Gasteiger partial charge is 0.481 e. The van der Waals surface area contributed by atoms with Crippen LogP contribution in [0.25, 0.3) is 0 Å². The van der Waals surface area contributed by atoms with Crippen molar-refractivity contribution in [2.75, 3.05) is 13.1 Å². The maximum Gasteiger partial charge on any atom is 0.310 e. The number of hydrogen-bond acceptors (Lipinski definition) is 4. The normalized spacial score (nSPS) is 32.4. The number of aliphatic carboxylic acids is 1. The van der Waals surface area contributed by atoms with E-state index in [1.54, 1.807) is 0 Å². The third kappa shape index (κ3) is 2.63. The number of carbonyl (C=O) groups excluding carboxylic acids is 2. The lowest BCUT2D eigenvalue weighted by molar-refractivity contribution is -0.154. The summed E-state index contributed by atoms with van der Waals surface area (Å²) in [6, 6.07) is -0.483. The topological polar surface area (TPSA) is 86.7 Å². The standard InChI is InChI=1S/C13H20N2O4/c1-2-4-13(12(18)19)5-3-6-15(8-13)9-7-10(16)14-11(9)17/h9H,2-8H2,1H3,(H,18,19)(H,14,16,17). The Kier molecular flexibility index (Phi) is 3.89. The number of carbonyl (C=O) groups is 3. The van der Waals surface area contributed by atoms with Gasteiger partial charge >= 0.3 is 5.97 Å². The summed E-state index contributed by atoms with van der Waals surface area (Å²) in [5.41, 5.74) is -0.765. The van der Waals surface area contributed by atoms with Gasteiger partial charge in [-0.3, -0.25) is 24.6 Å². The van der Waals surface area contributed by atoms with Gasteiger partial charge in [0.2, 0.25) is 11.8 Å². The molecule has 0 saturated carbocycles. The van der Waals surface area contributed by atoms with Crippen molar-refractivity contribution in [1.29, 1.82) is 0 Å². The Bertz CT molecular complexity index is 405. The Morgan fingerprint density at radius 3 is 2.79 bits per heavy atom. The molecule has 2 unspecified atom stereocenters. The molecule has 106 valence electrons. The van der Waals surface area contributed by atoms with Gasteiger partial charge in [-0.1, -0.05) is 13.3 Å². The third-order valence-electron chi connectivity index (χ3n) is 4.17. The number of nitrogens with zero attached hydrogens (tertiary/aromatic N) is 1. The summed E-state index contributed by atoms with van der Waals surface area (Å²) >= 11 is 0. The van der Waals surface area contributed by atoms with Gasteiger partial charge in [0.25, 0.3) is 0 Å². The number of carboxylic acids is 1. The molecule has 0 spiro atoms. The number of amides is 2. The highest BCUT2D eigenvalue weighted by Gasteiger charge is 2.46. The molecule has 2 heterocycles. The Hall–Kier alpha value is -1.43. The van der Waals surface area contributed by atoms with E-state index in [1.165, 1.54) is 0 Å². The minimum Gasteiger partial charge on any atom is -0.481 e. The van der Waals surface area contributed by atoms with Crippen LogP contribution in [0.15, 0.2) is 0 Å². The average molecular weight is 268 g/mol. The van der Waals surface area contributed by atoms with Crippen LogP contribution in [0.2, 0.25) is 0 Å². The van der Waals surface area contributed by atoms with Gasteiger partial charge in [0.05, 0.1) is 17.9 Å². The summed E-state index contributed by atoms with van der Waals surface area (Å²) in [5, 5.41) is 11.8. The van der Waals surface area contributed by atoms with E-state index in [2.05, 4.69) is 5.32 Å². The molecule has 2 amide bonds. The molecule has 2 aliphatic rings. The molecule has 0 aromatic carbocycles.